The summed E-state index contributed by atoms with van der Waals surface area (Å²) in [6.45, 7) is 0.660. The minimum atomic E-state index is -0.0614. The number of carbonyl (C=O) groups is 1. The molecule has 5 nitrogen and oxygen atoms in total. The van der Waals surface area contributed by atoms with Crippen LogP contribution in [0.4, 0.5) is 0 Å². The fraction of sp³-hybridized carbons (Fsp3) is 0.412. The van der Waals surface area contributed by atoms with E-state index in [0.717, 1.165) is 25.0 Å². The summed E-state index contributed by atoms with van der Waals surface area (Å²) in [7, 11) is 3.50. The van der Waals surface area contributed by atoms with Crippen LogP contribution in [0.5, 0.6) is 5.75 Å². The normalized spacial score (nSPS) is 16.9. The van der Waals surface area contributed by atoms with E-state index in [2.05, 4.69) is 22.5 Å². The first-order valence-electron chi connectivity index (χ1n) is 7.61. The Balaban J connectivity index is 1.68. The average molecular weight is 299 g/mol. The summed E-state index contributed by atoms with van der Waals surface area (Å²) in [5.41, 5.74) is 3.28. The largest absolute Gasteiger partial charge is 0.497 e. The number of ether oxygens (including phenoxy) is 1. The van der Waals surface area contributed by atoms with Gasteiger partial charge in [-0.25, -0.2) is 0 Å². The maximum atomic E-state index is 12.1. The van der Waals surface area contributed by atoms with E-state index in [4.69, 9.17) is 4.74 Å². The van der Waals surface area contributed by atoms with E-state index in [1.54, 1.807) is 24.2 Å². The first-order chi connectivity index (χ1) is 10.7. The SMILES string of the molecule is COc1ccc2c(c1)CCC[C@@H]2CNC(=O)c1cnn(C)c1. The molecular weight excluding hydrogens is 278 g/mol. The van der Waals surface area contributed by atoms with Crippen molar-refractivity contribution in [3.63, 3.8) is 0 Å². The van der Waals surface area contributed by atoms with Crippen molar-refractivity contribution in [3.8, 4) is 5.75 Å². The summed E-state index contributed by atoms with van der Waals surface area (Å²) < 4.78 is 6.93. The Bertz CT molecular complexity index is 678. The first-order valence-corrected chi connectivity index (χ1v) is 7.61. The van der Waals surface area contributed by atoms with Crippen LogP contribution in [0, 0.1) is 0 Å². The number of hydrogen-bond donors (Lipinski definition) is 1. The highest BCUT2D eigenvalue weighted by molar-refractivity contribution is 5.93. The second-order valence-corrected chi connectivity index (χ2v) is 5.77. The van der Waals surface area contributed by atoms with Crippen LogP contribution in [0.3, 0.4) is 0 Å². The van der Waals surface area contributed by atoms with Gasteiger partial charge in [0.1, 0.15) is 5.75 Å². The zero-order valence-electron chi connectivity index (χ0n) is 13.0. The zero-order valence-corrected chi connectivity index (χ0v) is 13.0. The van der Waals surface area contributed by atoms with E-state index < -0.39 is 0 Å². The van der Waals surface area contributed by atoms with Crippen LogP contribution >= 0.6 is 0 Å². The maximum Gasteiger partial charge on any atom is 0.254 e. The summed E-state index contributed by atoms with van der Waals surface area (Å²) in [6, 6.07) is 6.25. The van der Waals surface area contributed by atoms with Crippen LogP contribution < -0.4 is 10.1 Å². The Morgan fingerprint density at radius 3 is 3.09 bits per heavy atom. The fourth-order valence-corrected chi connectivity index (χ4v) is 3.09. The minimum Gasteiger partial charge on any atom is -0.497 e. The van der Waals surface area contributed by atoms with Crippen molar-refractivity contribution in [2.75, 3.05) is 13.7 Å². The van der Waals surface area contributed by atoms with Gasteiger partial charge in [-0.3, -0.25) is 9.48 Å². The van der Waals surface area contributed by atoms with E-state index in [1.165, 1.54) is 11.1 Å². The van der Waals surface area contributed by atoms with E-state index in [-0.39, 0.29) is 5.91 Å². The molecule has 1 aliphatic rings. The molecule has 0 radical (unpaired) electrons. The van der Waals surface area contributed by atoms with E-state index >= 15 is 0 Å². The minimum absolute atomic E-state index is 0.0614. The van der Waals surface area contributed by atoms with Crippen molar-refractivity contribution in [1.29, 1.82) is 0 Å². The molecule has 3 rings (SSSR count). The number of rotatable bonds is 4. The number of aryl methyl sites for hydroxylation is 2. The summed E-state index contributed by atoms with van der Waals surface area (Å²) in [6.07, 6.45) is 6.66. The number of aromatic nitrogens is 2. The molecule has 0 unspecified atom stereocenters. The molecule has 0 aliphatic heterocycles. The van der Waals surface area contributed by atoms with Gasteiger partial charge in [0.05, 0.1) is 18.9 Å². The van der Waals surface area contributed by atoms with E-state index in [9.17, 15) is 4.79 Å². The Hall–Kier alpha value is -2.30. The lowest BCUT2D eigenvalue weighted by Crippen LogP contribution is -2.29. The third-order valence-corrected chi connectivity index (χ3v) is 4.26. The lowest BCUT2D eigenvalue weighted by atomic mass is 9.82. The molecule has 1 N–H and O–H groups in total. The Labute approximate surface area is 130 Å². The Kier molecular flexibility index (Phi) is 4.13. The lowest BCUT2D eigenvalue weighted by Gasteiger charge is -2.26. The molecule has 1 aliphatic carbocycles. The highest BCUT2D eigenvalue weighted by Crippen LogP contribution is 2.33. The molecule has 0 fully saturated rings. The average Bonchev–Trinajstić information content (AvgIpc) is 2.98. The molecule has 116 valence electrons. The Morgan fingerprint density at radius 2 is 2.36 bits per heavy atom. The van der Waals surface area contributed by atoms with E-state index in [0.29, 0.717) is 18.0 Å². The lowest BCUT2D eigenvalue weighted by molar-refractivity contribution is 0.0950. The van der Waals surface area contributed by atoms with Gasteiger partial charge in [-0.05, 0) is 42.5 Å². The van der Waals surface area contributed by atoms with Gasteiger partial charge in [0, 0.05) is 25.7 Å². The molecule has 1 aromatic carbocycles. The highest BCUT2D eigenvalue weighted by atomic mass is 16.5. The number of amides is 1. The molecule has 1 heterocycles. The molecule has 0 spiro atoms. The molecule has 22 heavy (non-hydrogen) atoms. The van der Waals surface area contributed by atoms with E-state index in [1.807, 2.05) is 13.1 Å². The van der Waals surface area contributed by atoms with Crippen molar-refractivity contribution in [1.82, 2.24) is 15.1 Å². The summed E-state index contributed by atoms with van der Waals surface area (Å²) in [4.78, 5) is 12.1. The van der Waals surface area contributed by atoms with Crippen LogP contribution in [0.1, 0.15) is 40.2 Å². The number of carbonyl (C=O) groups excluding carboxylic acids is 1. The zero-order chi connectivity index (χ0) is 15.5. The van der Waals surface area contributed by atoms with Crippen LogP contribution in [0.15, 0.2) is 30.6 Å². The number of hydrogen-bond acceptors (Lipinski definition) is 3. The molecule has 0 bridgehead atoms. The van der Waals surface area contributed by atoms with Gasteiger partial charge < -0.3 is 10.1 Å². The summed E-state index contributed by atoms with van der Waals surface area (Å²) in [5, 5.41) is 7.06. The van der Waals surface area contributed by atoms with Crippen LogP contribution in [-0.4, -0.2) is 29.3 Å². The number of nitrogens with one attached hydrogen (secondary N) is 1. The quantitative estimate of drug-likeness (QED) is 0.942. The van der Waals surface area contributed by atoms with Gasteiger partial charge in [0.15, 0.2) is 0 Å². The Morgan fingerprint density at radius 1 is 1.50 bits per heavy atom. The summed E-state index contributed by atoms with van der Waals surface area (Å²) in [5.74, 6) is 1.21. The second-order valence-electron chi connectivity index (χ2n) is 5.77. The van der Waals surface area contributed by atoms with Crippen LogP contribution in [-0.2, 0) is 13.5 Å². The topological polar surface area (TPSA) is 56.1 Å². The maximum absolute atomic E-state index is 12.1. The highest BCUT2D eigenvalue weighted by Gasteiger charge is 2.21. The number of methoxy groups -OCH3 is 1. The van der Waals surface area contributed by atoms with Gasteiger partial charge >= 0.3 is 0 Å². The first kappa shape index (κ1) is 14.6. The van der Waals surface area contributed by atoms with Gasteiger partial charge in [-0.15, -0.1) is 0 Å². The third-order valence-electron chi connectivity index (χ3n) is 4.26. The van der Waals surface area contributed by atoms with Crippen LogP contribution in [0.2, 0.25) is 0 Å². The van der Waals surface area contributed by atoms with Crippen molar-refractivity contribution in [2.45, 2.75) is 25.2 Å². The fourth-order valence-electron chi connectivity index (χ4n) is 3.09. The smallest absolute Gasteiger partial charge is 0.254 e. The molecular formula is C17H21N3O2. The number of fused-ring (bicyclic) bond motifs is 1. The van der Waals surface area contributed by atoms with Gasteiger partial charge in [0.2, 0.25) is 0 Å². The van der Waals surface area contributed by atoms with Crippen molar-refractivity contribution in [3.05, 3.63) is 47.3 Å². The van der Waals surface area contributed by atoms with Crippen molar-refractivity contribution >= 4 is 5.91 Å². The van der Waals surface area contributed by atoms with Gasteiger partial charge in [-0.2, -0.15) is 5.10 Å². The molecule has 1 atom stereocenters. The molecule has 1 amide bonds. The molecule has 0 saturated heterocycles. The standard InChI is InChI=1S/C17H21N3O2/c1-20-11-14(10-19-20)17(21)18-9-13-5-3-4-12-8-15(22-2)6-7-16(12)13/h6-8,10-11,13H,3-5,9H2,1-2H3,(H,18,21)/t13-/m1/s1. The summed E-state index contributed by atoms with van der Waals surface area (Å²) >= 11 is 0. The predicted octanol–water partition coefficient (Wildman–Crippen LogP) is 2.28. The molecule has 2 aromatic rings. The van der Waals surface area contributed by atoms with Crippen LogP contribution in [0.25, 0.3) is 0 Å². The second kappa shape index (κ2) is 6.22. The monoisotopic (exact) mass is 299 g/mol. The molecule has 0 saturated carbocycles. The van der Waals surface area contributed by atoms with Crippen molar-refractivity contribution in [2.24, 2.45) is 7.05 Å². The number of nitrogens with zero attached hydrogens (tertiary/aromatic N) is 2. The molecule has 1 aromatic heterocycles. The number of benzene rings is 1. The predicted molar refractivity (Wildman–Crippen MR) is 84.2 cm³/mol. The van der Waals surface area contributed by atoms with Gasteiger partial charge in [-0.1, -0.05) is 6.07 Å². The third kappa shape index (κ3) is 2.98. The van der Waals surface area contributed by atoms with Gasteiger partial charge in [0.25, 0.3) is 5.91 Å². The van der Waals surface area contributed by atoms with Crippen molar-refractivity contribution < 1.29 is 9.53 Å². The molecule has 5 heteroatoms.